The molecule has 0 radical (unpaired) electrons. The Kier molecular flexibility index (Phi) is 3.87. The molecule has 0 saturated heterocycles. The Bertz CT molecular complexity index is 652. The standard InChI is InChI=1S/C12H11F2NO4S/c13-8-4-9(14)6-11(5-8)20(18,19)15-10-2-1-7(3-10)12(16)17/h1-2,4-7,10,15H,3H2,(H,16,17). The van der Waals surface area contributed by atoms with E-state index in [1.165, 1.54) is 12.2 Å². The number of benzene rings is 1. The average Bonchev–Trinajstić information content (AvgIpc) is 2.75. The molecule has 20 heavy (non-hydrogen) atoms. The van der Waals surface area contributed by atoms with Crippen LogP contribution >= 0.6 is 0 Å². The maximum absolute atomic E-state index is 13.0. The number of carboxylic acid groups (broad SMARTS) is 1. The van der Waals surface area contributed by atoms with Gasteiger partial charge in [-0.1, -0.05) is 12.2 Å². The van der Waals surface area contributed by atoms with Crippen LogP contribution in [0.1, 0.15) is 6.42 Å². The van der Waals surface area contributed by atoms with Gasteiger partial charge in [-0.2, -0.15) is 0 Å². The first-order chi connectivity index (χ1) is 9.28. The number of halogens is 2. The Morgan fingerprint density at radius 2 is 1.80 bits per heavy atom. The number of hydrogen-bond donors (Lipinski definition) is 2. The molecule has 2 rings (SSSR count). The third-order valence-corrected chi connectivity index (χ3v) is 4.32. The third-order valence-electron chi connectivity index (χ3n) is 2.85. The first-order valence-electron chi connectivity index (χ1n) is 5.67. The van der Waals surface area contributed by atoms with Crippen LogP contribution in [0.5, 0.6) is 0 Å². The van der Waals surface area contributed by atoms with E-state index in [0.717, 1.165) is 0 Å². The smallest absolute Gasteiger partial charge is 0.310 e. The topological polar surface area (TPSA) is 83.5 Å². The van der Waals surface area contributed by atoms with Gasteiger partial charge < -0.3 is 5.11 Å². The van der Waals surface area contributed by atoms with Crippen molar-refractivity contribution in [1.29, 1.82) is 0 Å². The van der Waals surface area contributed by atoms with Gasteiger partial charge in [-0.3, -0.25) is 4.79 Å². The maximum atomic E-state index is 13.0. The predicted molar refractivity (Wildman–Crippen MR) is 65.4 cm³/mol. The summed E-state index contributed by atoms with van der Waals surface area (Å²) < 4.78 is 52.1. The third kappa shape index (κ3) is 3.20. The predicted octanol–water partition coefficient (Wildman–Crippen LogP) is 1.27. The van der Waals surface area contributed by atoms with E-state index in [1.807, 2.05) is 0 Å². The van der Waals surface area contributed by atoms with Crippen LogP contribution in [0.15, 0.2) is 35.2 Å². The van der Waals surface area contributed by atoms with Crippen LogP contribution in [-0.2, 0) is 14.8 Å². The van der Waals surface area contributed by atoms with Crippen LogP contribution in [0.2, 0.25) is 0 Å². The van der Waals surface area contributed by atoms with Crippen molar-refractivity contribution in [3.63, 3.8) is 0 Å². The first-order valence-corrected chi connectivity index (χ1v) is 7.16. The van der Waals surface area contributed by atoms with Crippen LogP contribution in [0, 0.1) is 17.6 Å². The molecule has 2 N–H and O–H groups in total. The molecule has 8 heteroatoms. The number of carboxylic acids is 1. The number of nitrogens with one attached hydrogen (secondary N) is 1. The highest BCUT2D eigenvalue weighted by Gasteiger charge is 2.28. The molecule has 0 amide bonds. The molecule has 2 atom stereocenters. The summed E-state index contributed by atoms with van der Waals surface area (Å²) in [4.78, 5) is 10.2. The lowest BCUT2D eigenvalue weighted by atomic mass is 10.1. The second kappa shape index (κ2) is 5.29. The van der Waals surface area contributed by atoms with E-state index < -0.39 is 44.5 Å². The number of aliphatic carboxylic acids is 1. The quantitative estimate of drug-likeness (QED) is 0.821. The summed E-state index contributed by atoms with van der Waals surface area (Å²) in [6, 6.07) is 1.24. The van der Waals surface area contributed by atoms with Crippen molar-refractivity contribution in [2.75, 3.05) is 0 Å². The minimum Gasteiger partial charge on any atom is -0.481 e. The summed E-state index contributed by atoms with van der Waals surface area (Å²) in [5.74, 6) is -3.84. The minimum atomic E-state index is -4.11. The number of hydrogen-bond acceptors (Lipinski definition) is 3. The largest absolute Gasteiger partial charge is 0.481 e. The number of carbonyl (C=O) groups is 1. The van der Waals surface area contributed by atoms with E-state index in [1.54, 1.807) is 0 Å². The van der Waals surface area contributed by atoms with Crippen LogP contribution in [0.25, 0.3) is 0 Å². The lowest BCUT2D eigenvalue weighted by Crippen LogP contribution is -2.33. The Hall–Kier alpha value is -1.80. The molecular weight excluding hydrogens is 292 g/mol. The summed E-state index contributed by atoms with van der Waals surface area (Å²) in [5.41, 5.74) is 0. The van der Waals surface area contributed by atoms with Gasteiger partial charge in [-0.25, -0.2) is 21.9 Å². The summed E-state index contributed by atoms with van der Waals surface area (Å²) >= 11 is 0. The molecule has 108 valence electrons. The Labute approximate surface area is 114 Å². The molecule has 0 bridgehead atoms. The molecule has 1 aliphatic rings. The second-order valence-electron chi connectivity index (χ2n) is 4.40. The lowest BCUT2D eigenvalue weighted by molar-refractivity contribution is -0.140. The van der Waals surface area contributed by atoms with Crippen LogP contribution in [0.4, 0.5) is 8.78 Å². The fraction of sp³-hybridized carbons (Fsp3) is 0.250. The normalized spacial score (nSPS) is 22.1. The Morgan fingerprint density at radius 3 is 2.30 bits per heavy atom. The van der Waals surface area contributed by atoms with Crippen molar-refractivity contribution in [1.82, 2.24) is 4.72 Å². The van der Waals surface area contributed by atoms with Crippen molar-refractivity contribution in [3.05, 3.63) is 42.0 Å². The van der Waals surface area contributed by atoms with Gasteiger partial charge in [0.15, 0.2) is 0 Å². The molecule has 1 aromatic rings. The molecule has 0 saturated carbocycles. The maximum Gasteiger partial charge on any atom is 0.310 e. The van der Waals surface area contributed by atoms with E-state index in [9.17, 15) is 22.0 Å². The number of rotatable bonds is 4. The van der Waals surface area contributed by atoms with Crippen LogP contribution in [0.3, 0.4) is 0 Å². The van der Waals surface area contributed by atoms with Crippen molar-refractivity contribution in [2.24, 2.45) is 5.92 Å². The first kappa shape index (κ1) is 14.6. The minimum absolute atomic E-state index is 0.0619. The molecule has 0 aliphatic heterocycles. The van der Waals surface area contributed by atoms with Crippen LogP contribution in [-0.4, -0.2) is 25.5 Å². The number of sulfonamides is 1. The van der Waals surface area contributed by atoms with E-state index in [4.69, 9.17) is 5.11 Å². The molecule has 5 nitrogen and oxygen atoms in total. The molecule has 0 aromatic heterocycles. The van der Waals surface area contributed by atoms with Crippen molar-refractivity contribution >= 4 is 16.0 Å². The summed E-state index contributed by atoms with van der Waals surface area (Å²) in [7, 11) is -4.11. The van der Waals surface area contributed by atoms with Crippen LogP contribution < -0.4 is 4.72 Å². The fourth-order valence-electron chi connectivity index (χ4n) is 1.92. The highest BCUT2D eigenvalue weighted by molar-refractivity contribution is 7.89. The zero-order chi connectivity index (χ0) is 14.9. The van der Waals surface area contributed by atoms with E-state index in [-0.39, 0.29) is 6.42 Å². The Balaban J connectivity index is 2.16. The summed E-state index contributed by atoms with van der Waals surface area (Å²) in [6.07, 6.45) is 2.85. The molecule has 0 fully saturated rings. The zero-order valence-electron chi connectivity index (χ0n) is 10.1. The average molecular weight is 303 g/mol. The van der Waals surface area contributed by atoms with E-state index in [2.05, 4.69) is 4.72 Å². The highest BCUT2D eigenvalue weighted by atomic mass is 32.2. The SMILES string of the molecule is O=C(O)C1C=CC(NS(=O)(=O)c2cc(F)cc(F)c2)C1. The van der Waals surface area contributed by atoms with E-state index in [0.29, 0.717) is 18.2 Å². The summed E-state index contributed by atoms with van der Waals surface area (Å²) in [6.45, 7) is 0. The Morgan fingerprint density at radius 1 is 1.20 bits per heavy atom. The van der Waals surface area contributed by atoms with Crippen molar-refractivity contribution < 1.29 is 27.1 Å². The van der Waals surface area contributed by atoms with Gasteiger partial charge in [0.05, 0.1) is 10.8 Å². The summed E-state index contributed by atoms with van der Waals surface area (Å²) in [5, 5.41) is 8.79. The zero-order valence-corrected chi connectivity index (χ0v) is 10.9. The second-order valence-corrected chi connectivity index (χ2v) is 6.11. The van der Waals surface area contributed by atoms with Gasteiger partial charge in [-0.05, 0) is 18.6 Å². The van der Waals surface area contributed by atoms with Crippen molar-refractivity contribution in [3.8, 4) is 0 Å². The molecular formula is C12H11F2NO4S. The van der Waals surface area contributed by atoms with Gasteiger partial charge in [0.1, 0.15) is 11.6 Å². The van der Waals surface area contributed by atoms with Gasteiger partial charge in [0.2, 0.25) is 10.0 Å². The van der Waals surface area contributed by atoms with Gasteiger partial charge in [0, 0.05) is 12.1 Å². The van der Waals surface area contributed by atoms with E-state index >= 15 is 0 Å². The molecule has 0 spiro atoms. The fourth-order valence-corrected chi connectivity index (χ4v) is 3.17. The monoisotopic (exact) mass is 303 g/mol. The molecule has 1 aromatic carbocycles. The molecule has 2 unspecified atom stereocenters. The molecule has 0 heterocycles. The highest BCUT2D eigenvalue weighted by Crippen LogP contribution is 2.21. The molecule has 1 aliphatic carbocycles. The van der Waals surface area contributed by atoms with Gasteiger partial charge in [0.25, 0.3) is 0 Å². The lowest BCUT2D eigenvalue weighted by Gasteiger charge is -2.12. The van der Waals surface area contributed by atoms with Crippen molar-refractivity contribution in [2.45, 2.75) is 17.4 Å². The van der Waals surface area contributed by atoms with Gasteiger partial charge in [-0.15, -0.1) is 0 Å². The van der Waals surface area contributed by atoms with Gasteiger partial charge >= 0.3 is 5.97 Å².